The Balaban J connectivity index is 1.81. The van der Waals surface area contributed by atoms with E-state index in [4.69, 9.17) is 0 Å². The Labute approximate surface area is 185 Å². The van der Waals surface area contributed by atoms with Gasteiger partial charge in [0.2, 0.25) is 0 Å². The largest absolute Gasteiger partial charge is 0.480 e. The first kappa shape index (κ1) is 22.6. The molecule has 0 aliphatic heterocycles. The molecule has 1 amide bonds. The Hall–Kier alpha value is -3.10. The summed E-state index contributed by atoms with van der Waals surface area (Å²) in [4.78, 5) is 31.6. The van der Waals surface area contributed by atoms with Crippen LogP contribution < -0.4 is 10.6 Å². The fourth-order valence-electron chi connectivity index (χ4n) is 3.21. The third kappa shape index (κ3) is 6.44. The number of nitrogens with zero attached hydrogens (tertiary/aromatic N) is 1. The van der Waals surface area contributed by atoms with Gasteiger partial charge in [-0.15, -0.1) is 0 Å². The topological polar surface area (TPSA) is 107 Å². The Kier molecular flexibility index (Phi) is 8.26. The van der Waals surface area contributed by atoms with Crippen LogP contribution in [0.25, 0.3) is 11.1 Å². The molecule has 2 aromatic carbocycles. The molecule has 1 heterocycles. The number of nitrogens with one attached hydrogen (secondary N) is 3. The molecule has 1 aromatic heterocycles. The first-order chi connectivity index (χ1) is 15.1. The summed E-state index contributed by atoms with van der Waals surface area (Å²) in [5.74, 6) is -0.753. The van der Waals surface area contributed by atoms with Gasteiger partial charge >= 0.3 is 5.97 Å². The number of carboxylic acids is 1. The van der Waals surface area contributed by atoms with E-state index in [1.165, 1.54) is 0 Å². The molecule has 0 spiro atoms. The molecule has 0 unspecified atom stereocenters. The molecule has 7 nitrogen and oxygen atoms in total. The monoisotopic (exact) mass is 438 g/mol. The lowest BCUT2D eigenvalue weighted by Gasteiger charge is -2.17. The minimum Gasteiger partial charge on any atom is -0.480 e. The van der Waals surface area contributed by atoms with Gasteiger partial charge in [0.25, 0.3) is 5.91 Å². The van der Waals surface area contributed by atoms with Gasteiger partial charge in [0.15, 0.2) is 0 Å². The number of carbonyl (C=O) groups excluding carboxylic acids is 1. The predicted molar refractivity (Wildman–Crippen MR) is 123 cm³/mol. The minimum absolute atomic E-state index is 0.374. The second-order valence-corrected chi connectivity index (χ2v) is 8.06. The van der Waals surface area contributed by atoms with Crippen molar-refractivity contribution in [2.45, 2.75) is 25.6 Å². The fraction of sp³-hybridized carbons (Fsp3) is 0.261. The number of hydrogen-bond acceptors (Lipinski definition) is 5. The number of aromatic amines is 1. The number of H-pyrrole nitrogens is 1. The van der Waals surface area contributed by atoms with Crippen LogP contribution in [0, 0.1) is 0 Å². The number of carbonyl (C=O) groups is 2. The molecule has 0 fully saturated rings. The van der Waals surface area contributed by atoms with Crippen molar-refractivity contribution in [1.82, 2.24) is 20.6 Å². The van der Waals surface area contributed by atoms with Gasteiger partial charge < -0.3 is 20.7 Å². The highest BCUT2D eigenvalue weighted by molar-refractivity contribution is 7.98. The smallest absolute Gasteiger partial charge is 0.326 e. The van der Waals surface area contributed by atoms with E-state index in [0.717, 1.165) is 22.4 Å². The zero-order valence-corrected chi connectivity index (χ0v) is 18.1. The average molecular weight is 439 g/mol. The van der Waals surface area contributed by atoms with E-state index < -0.39 is 12.0 Å². The van der Waals surface area contributed by atoms with Gasteiger partial charge in [-0.05, 0) is 47.3 Å². The third-order valence-electron chi connectivity index (χ3n) is 4.83. The summed E-state index contributed by atoms with van der Waals surface area (Å²) in [7, 11) is 0. The van der Waals surface area contributed by atoms with Crippen LogP contribution in [0.4, 0.5) is 0 Å². The van der Waals surface area contributed by atoms with Gasteiger partial charge in [0.1, 0.15) is 6.04 Å². The van der Waals surface area contributed by atoms with Crippen LogP contribution in [0.3, 0.4) is 0 Å². The molecule has 0 radical (unpaired) electrons. The predicted octanol–water partition coefficient (Wildman–Crippen LogP) is 3.30. The first-order valence-corrected chi connectivity index (χ1v) is 11.4. The summed E-state index contributed by atoms with van der Waals surface area (Å²) >= 11 is 1.55. The van der Waals surface area contributed by atoms with E-state index in [1.807, 2.05) is 48.7 Å². The van der Waals surface area contributed by atoms with E-state index in [-0.39, 0.29) is 5.91 Å². The van der Waals surface area contributed by atoms with Crippen molar-refractivity contribution in [3.8, 4) is 11.1 Å². The van der Waals surface area contributed by atoms with Crippen LogP contribution in [-0.2, 0) is 17.9 Å². The molecular weight excluding hydrogens is 412 g/mol. The van der Waals surface area contributed by atoms with E-state index in [0.29, 0.717) is 30.8 Å². The summed E-state index contributed by atoms with van der Waals surface area (Å²) in [5.41, 5.74) is 4.14. The van der Waals surface area contributed by atoms with Crippen molar-refractivity contribution in [3.05, 3.63) is 77.9 Å². The molecule has 0 saturated carbocycles. The van der Waals surface area contributed by atoms with Gasteiger partial charge in [-0.2, -0.15) is 11.8 Å². The molecule has 0 bridgehead atoms. The number of carboxylic acid groups (broad SMARTS) is 1. The molecule has 3 aromatic rings. The average Bonchev–Trinajstić information content (AvgIpc) is 3.30. The number of imidazole rings is 1. The molecule has 0 aliphatic carbocycles. The zero-order valence-electron chi connectivity index (χ0n) is 17.3. The summed E-state index contributed by atoms with van der Waals surface area (Å²) in [6.45, 7) is 1.27. The summed E-state index contributed by atoms with van der Waals surface area (Å²) in [5, 5.41) is 15.5. The van der Waals surface area contributed by atoms with Crippen molar-refractivity contribution in [1.29, 1.82) is 0 Å². The molecule has 31 heavy (non-hydrogen) atoms. The van der Waals surface area contributed by atoms with Crippen LogP contribution >= 0.6 is 11.8 Å². The SMILES string of the molecule is CSCC[C@H](NC(=O)c1ccc(CNCc2cnc[nH]2)cc1-c1ccccc1)C(=O)O. The van der Waals surface area contributed by atoms with Crippen molar-refractivity contribution in [3.63, 3.8) is 0 Å². The number of thioether (sulfide) groups is 1. The zero-order chi connectivity index (χ0) is 22.1. The number of benzene rings is 2. The maximum absolute atomic E-state index is 13.0. The van der Waals surface area contributed by atoms with Crippen LogP contribution in [0.15, 0.2) is 61.1 Å². The molecule has 4 N–H and O–H groups in total. The van der Waals surface area contributed by atoms with Gasteiger partial charge in [-0.1, -0.05) is 36.4 Å². The fourth-order valence-corrected chi connectivity index (χ4v) is 3.68. The highest BCUT2D eigenvalue weighted by atomic mass is 32.2. The standard InChI is InChI=1S/C23H26N4O3S/c1-31-10-9-21(23(29)30)27-22(28)19-8-7-16(12-24-13-18-14-25-15-26-18)11-20(19)17-5-3-2-4-6-17/h2-8,11,14-15,21,24H,9-10,12-13H2,1H3,(H,25,26)(H,27,28)(H,29,30)/t21-/m0/s1. The Morgan fingerprint density at radius 3 is 2.65 bits per heavy atom. The number of aliphatic carboxylic acids is 1. The quantitative estimate of drug-likeness (QED) is 0.366. The third-order valence-corrected chi connectivity index (χ3v) is 5.47. The minimum atomic E-state index is -1.02. The highest BCUT2D eigenvalue weighted by Crippen LogP contribution is 2.25. The van der Waals surface area contributed by atoms with Gasteiger partial charge in [0.05, 0.1) is 6.33 Å². The highest BCUT2D eigenvalue weighted by Gasteiger charge is 2.22. The second-order valence-electron chi connectivity index (χ2n) is 7.07. The van der Waals surface area contributed by atoms with Crippen molar-refractivity contribution in [2.24, 2.45) is 0 Å². The summed E-state index contributed by atoms with van der Waals surface area (Å²) in [6.07, 6.45) is 5.69. The van der Waals surface area contributed by atoms with Crippen molar-refractivity contribution in [2.75, 3.05) is 12.0 Å². The van der Waals surface area contributed by atoms with Gasteiger partial charge in [-0.25, -0.2) is 9.78 Å². The van der Waals surface area contributed by atoms with E-state index in [2.05, 4.69) is 20.6 Å². The van der Waals surface area contributed by atoms with Gasteiger partial charge in [0, 0.05) is 30.5 Å². The summed E-state index contributed by atoms with van der Waals surface area (Å²) < 4.78 is 0. The summed E-state index contributed by atoms with van der Waals surface area (Å²) in [6, 6.07) is 14.3. The lowest BCUT2D eigenvalue weighted by molar-refractivity contribution is -0.139. The number of hydrogen-bond donors (Lipinski definition) is 4. The molecule has 8 heteroatoms. The Morgan fingerprint density at radius 2 is 1.97 bits per heavy atom. The van der Waals surface area contributed by atoms with Crippen LogP contribution in [0.2, 0.25) is 0 Å². The molecular formula is C23H26N4O3S. The maximum atomic E-state index is 13.0. The van der Waals surface area contributed by atoms with Gasteiger partial charge in [-0.3, -0.25) is 4.79 Å². The van der Waals surface area contributed by atoms with Crippen molar-refractivity contribution < 1.29 is 14.7 Å². The van der Waals surface area contributed by atoms with Crippen molar-refractivity contribution >= 4 is 23.6 Å². The lowest BCUT2D eigenvalue weighted by atomic mass is 9.96. The lowest BCUT2D eigenvalue weighted by Crippen LogP contribution is -2.41. The van der Waals surface area contributed by atoms with Crippen LogP contribution in [0.1, 0.15) is 28.0 Å². The van der Waals surface area contributed by atoms with E-state index in [1.54, 1.807) is 30.4 Å². The number of rotatable bonds is 11. The normalized spacial score (nSPS) is 11.8. The van der Waals surface area contributed by atoms with E-state index in [9.17, 15) is 14.7 Å². The Bertz CT molecular complexity index is 993. The van der Waals surface area contributed by atoms with E-state index >= 15 is 0 Å². The molecule has 162 valence electrons. The first-order valence-electron chi connectivity index (χ1n) is 9.97. The molecule has 1 atom stereocenters. The Morgan fingerprint density at radius 1 is 1.16 bits per heavy atom. The number of amides is 1. The molecule has 0 saturated heterocycles. The van der Waals surface area contributed by atoms with Crippen LogP contribution in [0.5, 0.6) is 0 Å². The number of aromatic nitrogens is 2. The molecule has 3 rings (SSSR count). The second kappa shape index (κ2) is 11.3. The molecule has 0 aliphatic rings. The maximum Gasteiger partial charge on any atom is 0.326 e. The van der Waals surface area contributed by atoms with Crippen LogP contribution in [-0.4, -0.2) is 45.0 Å².